The summed E-state index contributed by atoms with van der Waals surface area (Å²) in [7, 11) is 1.39. The standard InChI is InChI=1S/C10H9NO2.C2H6/c1-13-10(12)8-4-2-3-7-5-11-6-9(7)8;1-2/h2-5H,6H2,1H3;1-2H3. The van der Waals surface area contributed by atoms with Crippen LogP contribution in [-0.4, -0.2) is 19.3 Å². The number of methoxy groups -OCH3 is 1. The lowest BCUT2D eigenvalue weighted by Crippen LogP contribution is -2.05. The van der Waals surface area contributed by atoms with Crippen LogP contribution in [0.15, 0.2) is 23.2 Å². The van der Waals surface area contributed by atoms with Gasteiger partial charge in [-0.1, -0.05) is 26.0 Å². The van der Waals surface area contributed by atoms with Crippen LogP contribution < -0.4 is 0 Å². The fourth-order valence-corrected chi connectivity index (χ4v) is 1.44. The number of carbonyl (C=O) groups excluding carboxylic acids is 1. The van der Waals surface area contributed by atoms with Crippen molar-refractivity contribution in [3.8, 4) is 0 Å². The summed E-state index contributed by atoms with van der Waals surface area (Å²) in [5, 5.41) is 0. The first-order chi connectivity index (χ1) is 7.33. The number of aliphatic imine (C=N–C) groups is 1. The van der Waals surface area contributed by atoms with Crippen LogP contribution in [0.4, 0.5) is 0 Å². The molecule has 0 saturated heterocycles. The molecule has 0 spiro atoms. The number of hydrogen-bond donors (Lipinski definition) is 0. The summed E-state index contributed by atoms with van der Waals surface area (Å²) in [4.78, 5) is 15.4. The highest BCUT2D eigenvalue weighted by Gasteiger charge is 2.16. The molecule has 1 heterocycles. The number of benzene rings is 1. The molecule has 0 aromatic heterocycles. The van der Waals surface area contributed by atoms with E-state index in [-0.39, 0.29) is 5.97 Å². The summed E-state index contributed by atoms with van der Waals surface area (Å²) in [5.41, 5.74) is 2.61. The predicted octanol–water partition coefficient (Wildman–Crippen LogP) is 2.43. The summed E-state index contributed by atoms with van der Waals surface area (Å²) in [6.07, 6.45) is 1.78. The molecule has 1 aliphatic heterocycles. The van der Waals surface area contributed by atoms with Gasteiger partial charge in [-0.25, -0.2) is 4.79 Å². The van der Waals surface area contributed by atoms with Crippen molar-refractivity contribution in [1.82, 2.24) is 0 Å². The minimum Gasteiger partial charge on any atom is -0.465 e. The Kier molecular flexibility index (Phi) is 4.03. The molecule has 0 radical (unpaired) electrons. The van der Waals surface area contributed by atoms with Gasteiger partial charge >= 0.3 is 5.97 Å². The topological polar surface area (TPSA) is 38.7 Å². The lowest BCUT2D eigenvalue weighted by Gasteiger charge is -2.04. The van der Waals surface area contributed by atoms with Gasteiger partial charge in [-0.2, -0.15) is 0 Å². The van der Waals surface area contributed by atoms with E-state index in [4.69, 9.17) is 0 Å². The van der Waals surface area contributed by atoms with Crippen LogP contribution >= 0.6 is 0 Å². The van der Waals surface area contributed by atoms with Gasteiger partial charge in [-0.3, -0.25) is 4.99 Å². The highest BCUT2D eigenvalue weighted by atomic mass is 16.5. The molecular weight excluding hydrogens is 190 g/mol. The van der Waals surface area contributed by atoms with Crippen LogP contribution in [0.25, 0.3) is 0 Å². The number of hydrogen-bond acceptors (Lipinski definition) is 3. The Hall–Kier alpha value is -1.64. The van der Waals surface area contributed by atoms with Gasteiger partial charge in [0.25, 0.3) is 0 Å². The van der Waals surface area contributed by atoms with Gasteiger partial charge in [0.2, 0.25) is 0 Å². The highest BCUT2D eigenvalue weighted by molar-refractivity contribution is 5.96. The second kappa shape index (κ2) is 5.29. The van der Waals surface area contributed by atoms with E-state index in [0.29, 0.717) is 12.1 Å². The van der Waals surface area contributed by atoms with E-state index in [1.165, 1.54) is 7.11 Å². The van der Waals surface area contributed by atoms with E-state index in [1.807, 2.05) is 26.0 Å². The Bertz CT molecular complexity index is 383. The molecule has 0 fully saturated rings. The predicted molar refractivity (Wildman–Crippen MR) is 60.4 cm³/mol. The molecule has 3 heteroatoms. The maximum atomic E-state index is 11.3. The lowest BCUT2D eigenvalue weighted by atomic mass is 10.0. The molecule has 0 amide bonds. The van der Waals surface area contributed by atoms with Crippen LogP contribution in [0.1, 0.15) is 35.3 Å². The fraction of sp³-hybridized carbons (Fsp3) is 0.333. The fourth-order valence-electron chi connectivity index (χ4n) is 1.44. The first-order valence-electron chi connectivity index (χ1n) is 5.03. The SMILES string of the molecule is CC.COC(=O)c1cccc2c1CN=C2. The highest BCUT2D eigenvalue weighted by Crippen LogP contribution is 2.19. The van der Waals surface area contributed by atoms with Gasteiger partial charge in [0.1, 0.15) is 0 Å². The van der Waals surface area contributed by atoms with Crippen molar-refractivity contribution in [2.75, 3.05) is 7.11 Å². The summed E-state index contributed by atoms with van der Waals surface area (Å²) < 4.78 is 4.67. The zero-order valence-corrected chi connectivity index (χ0v) is 9.28. The third-order valence-corrected chi connectivity index (χ3v) is 2.10. The van der Waals surface area contributed by atoms with Crippen molar-refractivity contribution < 1.29 is 9.53 Å². The zero-order chi connectivity index (χ0) is 11.3. The number of esters is 1. The van der Waals surface area contributed by atoms with Gasteiger partial charge < -0.3 is 4.74 Å². The van der Waals surface area contributed by atoms with Gasteiger partial charge in [0, 0.05) is 6.21 Å². The molecule has 3 nitrogen and oxygen atoms in total. The van der Waals surface area contributed by atoms with E-state index in [9.17, 15) is 4.79 Å². The lowest BCUT2D eigenvalue weighted by molar-refractivity contribution is 0.0599. The molecule has 0 atom stereocenters. The molecule has 0 aliphatic carbocycles. The summed E-state index contributed by atoms with van der Waals surface area (Å²) in [5.74, 6) is -0.289. The second-order valence-electron chi connectivity index (χ2n) is 2.83. The first-order valence-corrected chi connectivity index (χ1v) is 5.03. The van der Waals surface area contributed by atoms with E-state index < -0.39 is 0 Å². The molecule has 0 bridgehead atoms. The minimum absolute atomic E-state index is 0.289. The Morgan fingerprint density at radius 2 is 2.13 bits per heavy atom. The van der Waals surface area contributed by atoms with Crippen molar-refractivity contribution in [3.05, 3.63) is 34.9 Å². The molecule has 0 N–H and O–H groups in total. The van der Waals surface area contributed by atoms with Crippen LogP contribution in [0.5, 0.6) is 0 Å². The normalized spacial score (nSPS) is 11.4. The number of carbonyl (C=O) groups is 1. The molecule has 1 aromatic rings. The van der Waals surface area contributed by atoms with Gasteiger partial charge in [-0.05, 0) is 17.2 Å². The van der Waals surface area contributed by atoms with Gasteiger partial charge in [0.15, 0.2) is 0 Å². The molecule has 80 valence electrons. The average Bonchev–Trinajstić information content (AvgIpc) is 2.78. The van der Waals surface area contributed by atoms with Crippen LogP contribution in [0.2, 0.25) is 0 Å². The second-order valence-corrected chi connectivity index (χ2v) is 2.83. The summed E-state index contributed by atoms with van der Waals surface area (Å²) >= 11 is 0. The Morgan fingerprint density at radius 3 is 2.80 bits per heavy atom. The van der Waals surface area contributed by atoms with Crippen LogP contribution in [0, 0.1) is 0 Å². The van der Waals surface area contributed by atoms with Gasteiger partial charge in [-0.15, -0.1) is 0 Å². The maximum Gasteiger partial charge on any atom is 0.338 e. The smallest absolute Gasteiger partial charge is 0.338 e. The van der Waals surface area contributed by atoms with Crippen LogP contribution in [-0.2, 0) is 11.3 Å². The molecule has 0 unspecified atom stereocenters. The van der Waals surface area contributed by atoms with Crippen molar-refractivity contribution in [3.63, 3.8) is 0 Å². The van der Waals surface area contributed by atoms with Gasteiger partial charge in [0.05, 0.1) is 19.2 Å². The largest absolute Gasteiger partial charge is 0.465 e. The number of ether oxygens (including phenoxy) is 1. The quantitative estimate of drug-likeness (QED) is 0.660. The maximum absolute atomic E-state index is 11.3. The summed E-state index contributed by atoms with van der Waals surface area (Å²) in [6, 6.07) is 5.54. The number of fused-ring (bicyclic) bond motifs is 1. The molecule has 2 rings (SSSR count). The van der Waals surface area contributed by atoms with E-state index >= 15 is 0 Å². The minimum atomic E-state index is -0.289. The number of rotatable bonds is 1. The summed E-state index contributed by atoms with van der Waals surface area (Å²) in [6.45, 7) is 4.58. The monoisotopic (exact) mass is 205 g/mol. The Labute approximate surface area is 89.8 Å². The first kappa shape index (κ1) is 11.4. The Morgan fingerprint density at radius 1 is 1.40 bits per heavy atom. The van der Waals surface area contributed by atoms with E-state index in [2.05, 4.69) is 9.73 Å². The molecule has 1 aromatic carbocycles. The third kappa shape index (κ3) is 2.24. The third-order valence-electron chi connectivity index (χ3n) is 2.10. The average molecular weight is 205 g/mol. The van der Waals surface area contributed by atoms with Crippen molar-refractivity contribution in [2.45, 2.75) is 20.4 Å². The molecule has 15 heavy (non-hydrogen) atoms. The van der Waals surface area contributed by atoms with Crippen molar-refractivity contribution in [2.24, 2.45) is 4.99 Å². The Balaban J connectivity index is 0.000000531. The van der Waals surface area contributed by atoms with Crippen LogP contribution in [0.3, 0.4) is 0 Å². The van der Waals surface area contributed by atoms with Crippen molar-refractivity contribution >= 4 is 12.2 Å². The van der Waals surface area contributed by atoms with E-state index in [1.54, 1.807) is 12.3 Å². The number of nitrogens with zero attached hydrogens (tertiary/aromatic N) is 1. The zero-order valence-electron chi connectivity index (χ0n) is 9.28. The van der Waals surface area contributed by atoms with E-state index in [0.717, 1.165) is 11.1 Å². The molecule has 0 saturated carbocycles. The molecule has 1 aliphatic rings. The van der Waals surface area contributed by atoms with Crippen molar-refractivity contribution in [1.29, 1.82) is 0 Å². The molecular formula is C12H15NO2.